The molecule has 0 atom stereocenters. The molecular weight excluding hydrogens is 394 g/mol. The van der Waals surface area contributed by atoms with Crippen LogP contribution in [0.1, 0.15) is 21.5 Å². The molecule has 0 aromatic heterocycles. The van der Waals surface area contributed by atoms with Crippen LogP contribution in [-0.2, 0) is 16.0 Å². The third-order valence-corrected chi connectivity index (χ3v) is 4.55. The topological polar surface area (TPSA) is 113 Å². The lowest BCUT2D eigenvalue weighted by molar-refractivity contribution is -0.124. The Bertz CT molecular complexity index is 1070. The zero-order chi connectivity index (χ0) is 22.2. The fourth-order valence-corrected chi connectivity index (χ4v) is 3.15. The van der Waals surface area contributed by atoms with Gasteiger partial charge in [0, 0.05) is 23.0 Å². The standard InChI is InChI=1S/C24H21N3O4/c25-24(30)21-13-11-17(12-14-22(28)26-31)15-18(21)16-23(29)27(19-7-3-1-4-8-19)20-9-5-2-6-10-20/h1-15,31H,16H2,(H2,25,30)(H,26,28). The molecule has 3 rings (SSSR count). The minimum atomic E-state index is -0.698. The summed E-state index contributed by atoms with van der Waals surface area (Å²) in [4.78, 5) is 38.1. The highest BCUT2D eigenvalue weighted by molar-refractivity contribution is 6.03. The maximum absolute atomic E-state index is 13.4. The lowest BCUT2D eigenvalue weighted by atomic mass is 9.99. The van der Waals surface area contributed by atoms with E-state index in [0.717, 1.165) is 6.08 Å². The van der Waals surface area contributed by atoms with Gasteiger partial charge in [0.05, 0.1) is 6.42 Å². The molecule has 0 spiro atoms. The molecule has 31 heavy (non-hydrogen) atoms. The first-order valence-electron chi connectivity index (χ1n) is 9.47. The van der Waals surface area contributed by atoms with Crippen molar-refractivity contribution in [3.63, 3.8) is 0 Å². The number of hydrogen-bond acceptors (Lipinski definition) is 4. The molecule has 7 heteroatoms. The molecule has 0 radical (unpaired) electrons. The van der Waals surface area contributed by atoms with Gasteiger partial charge in [0.2, 0.25) is 11.8 Å². The van der Waals surface area contributed by atoms with Gasteiger partial charge in [-0.2, -0.15) is 0 Å². The molecule has 3 aromatic carbocycles. The quantitative estimate of drug-likeness (QED) is 0.312. The molecule has 0 heterocycles. The Hall–Kier alpha value is -4.23. The van der Waals surface area contributed by atoms with E-state index in [9.17, 15) is 14.4 Å². The van der Waals surface area contributed by atoms with Gasteiger partial charge in [0.15, 0.2) is 0 Å². The third-order valence-electron chi connectivity index (χ3n) is 4.55. The number of amides is 3. The molecule has 0 saturated heterocycles. The van der Waals surface area contributed by atoms with E-state index in [4.69, 9.17) is 10.9 Å². The third kappa shape index (κ3) is 5.43. The van der Waals surface area contributed by atoms with Crippen LogP contribution in [0.5, 0.6) is 0 Å². The number of nitrogens with zero attached hydrogens (tertiary/aromatic N) is 1. The molecule has 0 unspecified atom stereocenters. The van der Waals surface area contributed by atoms with Crippen molar-refractivity contribution in [3.05, 3.63) is 102 Å². The number of carbonyl (C=O) groups excluding carboxylic acids is 3. The van der Waals surface area contributed by atoms with Crippen molar-refractivity contribution >= 4 is 35.2 Å². The Morgan fingerprint density at radius 1 is 0.903 bits per heavy atom. The van der Waals surface area contributed by atoms with Crippen LogP contribution in [0.25, 0.3) is 6.08 Å². The van der Waals surface area contributed by atoms with Crippen molar-refractivity contribution in [1.29, 1.82) is 0 Å². The highest BCUT2D eigenvalue weighted by Gasteiger charge is 2.20. The van der Waals surface area contributed by atoms with Gasteiger partial charge in [0.1, 0.15) is 0 Å². The van der Waals surface area contributed by atoms with Crippen molar-refractivity contribution in [2.24, 2.45) is 5.73 Å². The maximum Gasteiger partial charge on any atom is 0.267 e. The number of para-hydroxylation sites is 2. The number of hydrogen-bond donors (Lipinski definition) is 3. The SMILES string of the molecule is NC(=O)c1ccc(C=CC(=O)NO)cc1CC(=O)N(c1ccccc1)c1ccccc1. The van der Waals surface area contributed by atoms with E-state index in [1.165, 1.54) is 17.6 Å². The first-order valence-corrected chi connectivity index (χ1v) is 9.47. The van der Waals surface area contributed by atoms with E-state index in [1.54, 1.807) is 17.0 Å². The fourth-order valence-electron chi connectivity index (χ4n) is 3.15. The number of anilines is 2. The Balaban J connectivity index is 1.98. The number of nitrogens with two attached hydrogens (primary N) is 1. The van der Waals surface area contributed by atoms with Crippen LogP contribution >= 0.6 is 0 Å². The van der Waals surface area contributed by atoms with Crippen LogP contribution in [0.2, 0.25) is 0 Å². The second kappa shape index (κ2) is 10.00. The second-order valence-corrected chi connectivity index (χ2v) is 6.67. The van der Waals surface area contributed by atoms with E-state index in [2.05, 4.69) is 0 Å². The zero-order valence-corrected chi connectivity index (χ0v) is 16.6. The number of carbonyl (C=O) groups is 3. The lowest BCUT2D eigenvalue weighted by Gasteiger charge is -2.23. The van der Waals surface area contributed by atoms with Gasteiger partial charge in [-0.3, -0.25) is 24.5 Å². The van der Waals surface area contributed by atoms with E-state index in [-0.39, 0.29) is 17.9 Å². The summed E-state index contributed by atoms with van der Waals surface area (Å²) in [5.74, 6) is -1.61. The predicted octanol–water partition coefficient (Wildman–Crippen LogP) is 3.21. The molecule has 0 aliphatic heterocycles. The Kier molecular flexibility index (Phi) is 6.93. The zero-order valence-electron chi connectivity index (χ0n) is 16.6. The fraction of sp³-hybridized carbons (Fsp3) is 0.0417. The summed E-state index contributed by atoms with van der Waals surface area (Å²) in [7, 11) is 0. The Morgan fingerprint density at radius 3 is 2.00 bits per heavy atom. The lowest BCUT2D eigenvalue weighted by Crippen LogP contribution is -2.28. The van der Waals surface area contributed by atoms with Gasteiger partial charge in [-0.15, -0.1) is 0 Å². The minimum Gasteiger partial charge on any atom is -0.366 e. The van der Waals surface area contributed by atoms with Gasteiger partial charge in [-0.25, -0.2) is 5.48 Å². The summed E-state index contributed by atoms with van der Waals surface area (Å²) in [5, 5.41) is 8.62. The predicted molar refractivity (Wildman–Crippen MR) is 118 cm³/mol. The monoisotopic (exact) mass is 415 g/mol. The van der Waals surface area contributed by atoms with Crippen molar-refractivity contribution in [1.82, 2.24) is 5.48 Å². The van der Waals surface area contributed by atoms with Crippen molar-refractivity contribution in [3.8, 4) is 0 Å². The van der Waals surface area contributed by atoms with Crippen LogP contribution in [0, 0.1) is 0 Å². The Morgan fingerprint density at radius 2 is 1.48 bits per heavy atom. The maximum atomic E-state index is 13.4. The van der Waals surface area contributed by atoms with Gasteiger partial charge in [-0.1, -0.05) is 48.5 Å². The summed E-state index contributed by atoms with van der Waals surface area (Å²) >= 11 is 0. The average Bonchev–Trinajstić information content (AvgIpc) is 2.79. The molecule has 7 nitrogen and oxygen atoms in total. The van der Waals surface area contributed by atoms with Crippen LogP contribution in [0.4, 0.5) is 11.4 Å². The van der Waals surface area contributed by atoms with E-state index >= 15 is 0 Å². The molecule has 0 aliphatic rings. The summed E-state index contributed by atoms with van der Waals surface area (Å²) < 4.78 is 0. The van der Waals surface area contributed by atoms with Gasteiger partial charge in [0.25, 0.3) is 5.91 Å². The first kappa shape index (κ1) is 21.5. The number of nitrogens with one attached hydrogen (secondary N) is 1. The van der Waals surface area contributed by atoms with Gasteiger partial charge < -0.3 is 5.73 Å². The molecule has 4 N–H and O–H groups in total. The smallest absolute Gasteiger partial charge is 0.267 e. The summed E-state index contributed by atoms with van der Waals surface area (Å²) in [5.41, 5.74) is 9.61. The van der Waals surface area contributed by atoms with Gasteiger partial charge >= 0.3 is 0 Å². The Labute approximate surface area is 179 Å². The molecule has 0 aliphatic carbocycles. The van der Waals surface area contributed by atoms with E-state index < -0.39 is 11.8 Å². The largest absolute Gasteiger partial charge is 0.366 e. The number of rotatable bonds is 7. The normalized spacial score (nSPS) is 10.6. The van der Waals surface area contributed by atoms with E-state index in [1.807, 2.05) is 60.7 Å². The molecule has 0 saturated carbocycles. The number of hydroxylamine groups is 1. The minimum absolute atomic E-state index is 0.0874. The van der Waals surface area contributed by atoms with Crippen LogP contribution < -0.4 is 16.1 Å². The van der Waals surface area contributed by atoms with Crippen LogP contribution in [-0.4, -0.2) is 22.9 Å². The average molecular weight is 415 g/mol. The van der Waals surface area contributed by atoms with Crippen molar-refractivity contribution in [2.45, 2.75) is 6.42 Å². The molecule has 0 fully saturated rings. The van der Waals surface area contributed by atoms with Gasteiger partial charge in [-0.05, 0) is 47.5 Å². The highest BCUT2D eigenvalue weighted by Crippen LogP contribution is 2.26. The van der Waals surface area contributed by atoms with E-state index in [0.29, 0.717) is 22.5 Å². The van der Waals surface area contributed by atoms with Crippen LogP contribution in [0.15, 0.2) is 84.9 Å². The highest BCUT2D eigenvalue weighted by atomic mass is 16.5. The number of primary amides is 1. The molecule has 3 amide bonds. The van der Waals surface area contributed by atoms with Crippen LogP contribution in [0.3, 0.4) is 0 Å². The molecule has 156 valence electrons. The molecular formula is C24H21N3O4. The first-order chi connectivity index (χ1) is 15.0. The number of benzene rings is 3. The summed E-state index contributed by atoms with van der Waals surface area (Å²) in [6.07, 6.45) is 2.50. The second-order valence-electron chi connectivity index (χ2n) is 6.67. The summed E-state index contributed by atoms with van der Waals surface area (Å²) in [6.45, 7) is 0. The molecule has 3 aromatic rings. The van der Waals surface area contributed by atoms with Crippen molar-refractivity contribution < 1.29 is 19.6 Å². The molecule has 0 bridgehead atoms. The van der Waals surface area contributed by atoms with Crippen molar-refractivity contribution in [2.75, 3.05) is 4.90 Å². The summed E-state index contributed by atoms with van der Waals surface area (Å²) in [6, 6.07) is 23.1.